The van der Waals surface area contributed by atoms with Crippen LogP contribution in [0.15, 0.2) is 0 Å². The van der Waals surface area contributed by atoms with E-state index in [-0.39, 0.29) is 6.92 Å². The molecule has 0 aromatic carbocycles. The normalized spacial score (nSPS) is 37.5. The molecule has 0 aromatic heterocycles. The van der Waals surface area contributed by atoms with Gasteiger partial charge < -0.3 is 0 Å². The molecule has 1 heterocycles. The third-order valence-corrected chi connectivity index (χ3v) is 2.12. The lowest BCUT2D eigenvalue weighted by Gasteiger charge is -2.25. The Morgan fingerprint density at radius 3 is 2.07 bits per heavy atom. The lowest BCUT2D eigenvalue weighted by Crippen LogP contribution is -2.42. The van der Waals surface area contributed by atoms with Crippen LogP contribution in [0.5, 0.6) is 0 Å². The number of ether oxygens (including phenoxy) is 1. The van der Waals surface area contributed by atoms with Gasteiger partial charge in [0.1, 0.15) is 6.67 Å². The molecule has 0 N–H and O–H groups in total. The van der Waals surface area contributed by atoms with Gasteiger partial charge in [-0.15, -0.1) is 0 Å². The fourth-order valence-corrected chi connectivity index (χ4v) is 1.19. The Morgan fingerprint density at radius 2 is 1.86 bits per heavy atom. The third-order valence-electron chi connectivity index (χ3n) is 2.12. The van der Waals surface area contributed by atoms with Crippen molar-refractivity contribution >= 4 is 0 Å². The van der Waals surface area contributed by atoms with E-state index < -0.39 is 36.9 Å². The summed E-state index contributed by atoms with van der Waals surface area (Å²) in [5.41, 5.74) is 0. The largest absolute Gasteiger partial charge is 0.364 e. The minimum Gasteiger partial charge on any atom is -0.276 e. The van der Waals surface area contributed by atoms with Crippen LogP contribution < -0.4 is 0 Å². The highest BCUT2D eigenvalue weighted by Gasteiger charge is 2.67. The summed E-state index contributed by atoms with van der Waals surface area (Å²) < 4.78 is 78.6. The minimum absolute atomic E-state index is 0.115. The van der Waals surface area contributed by atoms with Crippen molar-refractivity contribution in [2.75, 3.05) is 6.67 Å². The molecule has 1 saturated heterocycles. The summed E-state index contributed by atoms with van der Waals surface area (Å²) in [5, 5.41) is 0. The van der Waals surface area contributed by atoms with Crippen LogP contribution in [0.2, 0.25) is 0 Å². The van der Waals surface area contributed by atoms with Crippen LogP contribution in [0.4, 0.5) is 26.3 Å². The molecule has 1 fully saturated rings. The second-order valence-corrected chi connectivity index (χ2v) is 3.34. The lowest BCUT2D eigenvalue weighted by atomic mass is 10.0. The van der Waals surface area contributed by atoms with E-state index in [1.54, 1.807) is 0 Å². The Labute approximate surface area is 76.0 Å². The molecule has 1 nitrogen and oxygen atoms in total. The van der Waals surface area contributed by atoms with E-state index in [1.165, 1.54) is 0 Å². The van der Waals surface area contributed by atoms with Gasteiger partial charge in [-0.3, -0.25) is 9.13 Å². The Kier molecular flexibility index (Phi) is 2.50. The number of hydrogen-bond acceptors (Lipinski definition) is 1. The second kappa shape index (κ2) is 3.01. The summed E-state index contributed by atoms with van der Waals surface area (Å²) in [6.07, 6.45) is -5.52. The number of alkyl halides is 6. The number of hydrogen-bond donors (Lipinski definition) is 0. The van der Waals surface area contributed by atoms with E-state index in [4.69, 9.17) is 0 Å². The predicted molar refractivity (Wildman–Crippen MR) is 34.6 cm³/mol. The van der Waals surface area contributed by atoms with Crippen molar-refractivity contribution in [3.63, 3.8) is 0 Å². The molecular weight excluding hydrogens is 214 g/mol. The summed E-state index contributed by atoms with van der Waals surface area (Å²) >= 11 is 0. The van der Waals surface area contributed by atoms with Crippen molar-refractivity contribution in [1.29, 1.82) is 0 Å². The number of rotatable bonds is 2. The smallest absolute Gasteiger partial charge is 0.276 e. The van der Waals surface area contributed by atoms with Crippen LogP contribution in [0.3, 0.4) is 0 Å². The monoisotopic (exact) mass is 222 g/mol. The van der Waals surface area contributed by atoms with Gasteiger partial charge in [-0.2, -0.15) is 8.78 Å². The highest BCUT2D eigenvalue weighted by molar-refractivity contribution is 4.93. The molecule has 0 aliphatic carbocycles. The molecular formula is C7H8F6O. The van der Waals surface area contributed by atoms with Gasteiger partial charge in [0.15, 0.2) is 0 Å². The van der Waals surface area contributed by atoms with Crippen molar-refractivity contribution in [3.8, 4) is 0 Å². The van der Waals surface area contributed by atoms with Crippen LogP contribution in [-0.2, 0) is 4.74 Å². The third kappa shape index (κ3) is 1.69. The summed E-state index contributed by atoms with van der Waals surface area (Å²) in [7, 11) is 0. The molecule has 0 aromatic rings. The van der Waals surface area contributed by atoms with Gasteiger partial charge in [-0.1, -0.05) is 0 Å². The zero-order valence-electron chi connectivity index (χ0n) is 7.17. The average molecular weight is 222 g/mol. The van der Waals surface area contributed by atoms with E-state index in [1.807, 2.05) is 0 Å². The Balaban J connectivity index is 2.90. The van der Waals surface area contributed by atoms with Gasteiger partial charge in [0.05, 0.1) is 5.92 Å². The first-order chi connectivity index (χ1) is 6.12. The first kappa shape index (κ1) is 11.6. The lowest BCUT2D eigenvalue weighted by molar-refractivity contribution is -0.345. The standard InChI is InChI=1S/C7H8F6O/c1-5(9,10)6(11)2-4(3-8)7(12,13)14-6/h4H,2-3H2,1H3. The molecule has 2 unspecified atom stereocenters. The van der Waals surface area contributed by atoms with Gasteiger partial charge in [-0.25, -0.2) is 13.2 Å². The van der Waals surface area contributed by atoms with Gasteiger partial charge in [0.25, 0.3) is 5.85 Å². The first-order valence-electron chi connectivity index (χ1n) is 3.83. The van der Waals surface area contributed by atoms with Gasteiger partial charge >= 0.3 is 12.0 Å². The summed E-state index contributed by atoms with van der Waals surface area (Å²) in [6.45, 7) is -1.49. The van der Waals surface area contributed by atoms with Crippen LogP contribution in [-0.4, -0.2) is 24.6 Å². The van der Waals surface area contributed by atoms with Gasteiger partial charge in [0.2, 0.25) is 0 Å². The van der Waals surface area contributed by atoms with Crippen LogP contribution in [0.25, 0.3) is 0 Å². The van der Waals surface area contributed by atoms with Crippen molar-refractivity contribution in [3.05, 3.63) is 0 Å². The molecule has 84 valence electrons. The van der Waals surface area contributed by atoms with Crippen molar-refractivity contribution in [2.45, 2.75) is 31.2 Å². The fourth-order valence-electron chi connectivity index (χ4n) is 1.19. The topological polar surface area (TPSA) is 9.23 Å². The minimum atomic E-state index is -4.18. The maximum atomic E-state index is 13.1. The van der Waals surface area contributed by atoms with E-state index in [9.17, 15) is 26.3 Å². The van der Waals surface area contributed by atoms with Gasteiger partial charge in [-0.05, 0) is 0 Å². The van der Waals surface area contributed by atoms with E-state index in [0.717, 1.165) is 0 Å². The molecule has 1 aliphatic rings. The molecule has 14 heavy (non-hydrogen) atoms. The van der Waals surface area contributed by atoms with E-state index in [0.29, 0.717) is 0 Å². The highest BCUT2D eigenvalue weighted by atomic mass is 19.3. The van der Waals surface area contributed by atoms with Crippen LogP contribution in [0.1, 0.15) is 13.3 Å². The highest BCUT2D eigenvalue weighted by Crippen LogP contribution is 2.51. The van der Waals surface area contributed by atoms with E-state index in [2.05, 4.69) is 4.74 Å². The van der Waals surface area contributed by atoms with Crippen molar-refractivity contribution < 1.29 is 31.1 Å². The zero-order valence-corrected chi connectivity index (χ0v) is 7.17. The fraction of sp³-hybridized carbons (Fsp3) is 1.00. The molecule has 0 amide bonds. The van der Waals surface area contributed by atoms with E-state index >= 15 is 0 Å². The Morgan fingerprint density at radius 1 is 1.36 bits per heavy atom. The van der Waals surface area contributed by atoms with Crippen molar-refractivity contribution in [1.82, 2.24) is 0 Å². The Bertz CT molecular complexity index is 225. The molecule has 2 atom stereocenters. The molecule has 0 spiro atoms. The second-order valence-electron chi connectivity index (χ2n) is 3.34. The van der Waals surface area contributed by atoms with Crippen LogP contribution >= 0.6 is 0 Å². The predicted octanol–water partition coefficient (Wildman–Crippen LogP) is 2.91. The van der Waals surface area contributed by atoms with Crippen LogP contribution in [0, 0.1) is 5.92 Å². The summed E-state index contributed by atoms with van der Waals surface area (Å²) in [4.78, 5) is 0. The first-order valence-corrected chi connectivity index (χ1v) is 3.83. The number of halogens is 6. The molecule has 1 aliphatic heterocycles. The SMILES string of the molecule is CC(F)(F)C1(F)CC(CF)C(F)(F)O1. The molecule has 1 rings (SSSR count). The maximum Gasteiger partial charge on any atom is 0.364 e. The van der Waals surface area contributed by atoms with Gasteiger partial charge in [0, 0.05) is 13.3 Å². The molecule has 0 bridgehead atoms. The maximum absolute atomic E-state index is 13.1. The summed E-state index contributed by atoms with van der Waals surface area (Å²) in [6, 6.07) is 0. The molecule has 0 saturated carbocycles. The molecule has 0 radical (unpaired) electrons. The quantitative estimate of drug-likeness (QED) is 0.652. The zero-order chi connectivity index (χ0) is 11.2. The summed E-state index contributed by atoms with van der Waals surface area (Å²) in [5.74, 6) is -10.0. The Hall–Kier alpha value is -0.460. The molecule has 7 heteroatoms. The average Bonchev–Trinajstić information content (AvgIpc) is 2.20. The van der Waals surface area contributed by atoms with Crippen molar-refractivity contribution in [2.24, 2.45) is 5.92 Å².